The van der Waals surface area contributed by atoms with Crippen molar-refractivity contribution < 1.29 is 4.74 Å². The summed E-state index contributed by atoms with van der Waals surface area (Å²) in [7, 11) is 0. The highest BCUT2D eigenvalue weighted by atomic mass is 16.5. The Hall–Kier alpha value is -1.49. The van der Waals surface area contributed by atoms with Gasteiger partial charge in [0.15, 0.2) is 0 Å². The van der Waals surface area contributed by atoms with Crippen molar-refractivity contribution in [3.63, 3.8) is 0 Å². The molecule has 5 nitrogen and oxygen atoms in total. The van der Waals surface area contributed by atoms with Crippen LogP contribution in [0.5, 0.6) is 5.88 Å². The largest absolute Gasteiger partial charge is 0.473 e. The number of hydrogen-bond acceptors (Lipinski definition) is 5. The van der Waals surface area contributed by atoms with Crippen molar-refractivity contribution >= 4 is 11.5 Å². The van der Waals surface area contributed by atoms with E-state index in [9.17, 15) is 0 Å². The van der Waals surface area contributed by atoms with Gasteiger partial charge in [-0.05, 0) is 38.9 Å². The first-order chi connectivity index (χ1) is 9.60. The minimum absolute atomic E-state index is 0.0847. The summed E-state index contributed by atoms with van der Waals surface area (Å²) in [6.07, 6.45) is 1.30. The van der Waals surface area contributed by atoms with Gasteiger partial charge >= 0.3 is 0 Å². The molecule has 1 fully saturated rings. The maximum absolute atomic E-state index is 5.91. The summed E-state index contributed by atoms with van der Waals surface area (Å²) in [6.45, 7) is 11.6. The average Bonchev–Trinajstić information content (AvgIpc) is 2.42. The van der Waals surface area contributed by atoms with Gasteiger partial charge < -0.3 is 15.4 Å². The van der Waals surface area contributed by atoms with E-state index in [1.54, 1.807) is 0 Å². The van der Waals surface area contributed by atoms with Crippen LogP contribution in [0.1, 0.15) is 27.2 Å². The Labute approximate surface area is 121 Å². The Bertz CT molecular complexity index is 428. The van der Waals surface area contributed by atoms with Gasteiger partial charge in [0.2, 0.25) is 5.88 Å². The standard InChI is InChI=1S/C15H26N4O/c1-4-7-18-8-10-19(11-9-18)14-6-5-13(16)15(17-14)20-12(2)3/h5-6,12H,4,7-11,16H2,1-3H3. The maximum atomic E-state index is 5.91. The zero-order valence-electron chi connectivity index (χ0n) is 12.8. The number of piperazine rings is 1. The Morgan fingerprint density at radius 3 is 2.55 bits per heavy atom. The monoisotopic (exact) mass is 278 g/mol. The zero-order chi connectivity index (χ0) is 14.5. The minimum Gasteiger partial charge on any atom is -0.473 e. The lowest BCUT2D eigenvalue weighted by molar-refractivity contribution is 0.233. The highest BCUT2D eigenvalue weighted by molar-refractivity contribution is 5.54. The van der Waals surface area contributed by atoms with Gasteiger partial charge in [0.1, 0.15) is 5.82 Å². The first-order valence-corrected chi connectivity index (χ1v) is 7.50. The average molecular weight is 278 g/mol. The Balaban J connectivity index is 2.02. The molecule has 0 amide bonds. The van der Waals surface area contributed by atoms with Gasteiger partial charge in [0, 0.05) is 26.2 Å². The summed E-state index contributed by atoms with van der Waals surface area (Å²) in [5.41, 5.74) is 6.52. The number of hydrogen-bond donors (Lipinski definition) is 1. The molecule has 0 saturated carbocycles. The van der Waals surface area contributed by atoms with E-state index < -0.39 is 0 Å². The fourth-order valence-corrected chi connectivity index (χ4v) is 2.45. The van der Waals surface area contributed by atoms with E-state index in [4.69, 9.17) is 10.5 Å². The van der Waals surface area contributed by atoms with Crippen molar-refractivity contribution in [2.75, 3.05) is 43.4 Å². The first kappa shape index (κ1) is 14.9. The third kappa shape index (κ3) is 3.76. The van der Waals surface area contributed by atoms with Crippen LogP contribution in [-0.2, 0) is 0 Å². The number of nitrogen functional groups attached to an aromatic ring is 1. The molecule has 1 aliphatic rings. The molecule has 1 saturated heterocycles. The highest BCUT2D eigenvalue weighted by Crippen LogP contribution is 2.24. The zero-order valence-corrected chi connectivity index (χ0v) is 12.8. The van der Waals surface area contributed by atoms with E-state index in [0.717, 1.165) is 32.0 Å². The molecular formula is C15H26N4O. The summed E-state index contributed by atoms with van der Waals surface area (Å²) in [5, 5.41) is 0. The van der Waals surface area contributed by atoms with Gasteiger partial charge in [-0.2, -0.15) is 4.98 Å². The SMILES string of the molecule is CCCN1CCN(c2ccc(N)c(OC(C)C)n2)CC1. The molecular weight excluding hydrogens is 252 g/mol. The summed E-state index contributed by atoms with van der Waals surface area (Å²) in [5.74, 6) is 1.51. The van der Waals surface area contributed by atoms with Gasteiger partial charge in [0.25, 0.3) is 0 Å². The molecule has 0 unspecified atom stereocenters. The minimum atomic E-state index is 0.0847. The summed E-state index contributed by atoms with van der Waals surface area (Å²) in [6, 6.07) is 3.87. The molecule has 0 bridgehead atoms. The molecule has 5 heteroatoms. The summed E-state index contributed by atoms with van der Waals surface area (Å²) >= 11 is 0. The topological polar surface area (TPSA) is 54.6 Å². The van der Waals surface area contributed by atoms with E-state index in [2.05, 4.69) is 21.7 Å². The number of anilines is 2. The number of nitrogens with two attached hydrogens (primary N) is 1. The molecule has 0 spiro atoms. The molecule has 2 N–H and O–H groups in total. The van der Waals surface area contributed by atoms with E-state index >= 15 is 0 Å². The van der Waals surface area contributed by atoms with Crippen LogP contribution in [-0.4, -0.2) is 48.7 Å². The molecule has 0 aromatic carbocycles. The number of rotatable bonds is 5. The van der Waals surface area contributed by atoms with Crippen LogP contribution in [0.3, 0.4) is 0 Å². The Morgan fingerprint density at radius 1 is 1.25 bits per heavy atom. The van der Waals surface area contributed by atoms with Gasteiger partial charge in [0.05, 0.1) is 11.8 Å². The number of pyridine rings is 1. The lowest BCUT2D eigenvalue weighted by Crippen LogP contribution is -2.46. The van der Waals surface area contributed by atoms with E-state index in [1.165, 1.54) is 13.0 Å². The number of ether oxygens (including phenoxy) is 1. The summed E-state index contributed by atoms with van der Waals surface area (Å²) in [4.78, 5) is 9.37. The van der Waals surface area contributed by atoms with Gasteiger partial charge in [-0.1, -0.05) is 6.92 Å². The second-order valence-electron chi connectivity index (χ2n) is 5.56. The Kier molecular flexibility index (Phi) is 5.06. The molecule has 2 heterocycles. The molecule has 0 aliphatic carbocycles. The van der Waals surface area contributed by atoms with Gasteiger partial charge in [-0.15, -0.1) is 0 Å². The van der Waals surface area contributed by atoms with Crippen LogP contribution in [0.2, 0.25) is 0 Å². The van der Waals surface area contributed by atoms with Crippen molar-refractivity contribution in [1.82, 2.24) is 9.88 Å². The third-order valence-corrected chi connectivity index (χ3v) is 3.46. The fourth-order valence-electron chi connectivity index (χ4n) is 2.45. The second-order valence-corrected chi connectivity index (χ2v) is 5.56. The fraction of sp³-hybridized carbons (Fsp3) is 0.667. The van der Waals surface area contributed by atoms with Gasteiger partial charge in [-0.3, -0.25) is 4.90 Å². The maximum Gasteiger partial charge on any atom is 0.239 e. The normalized spacial score (nSPS) is 16.7. The highest BCUT2D eigenvalue weighted by Gasteiger charge is 2.18. The van der Waals surface area contributed by atoms with E-state index in [-0.39, 0.29) is 6.10 Å². The summed E-state index contributed by atoms with van der Waals surface area (Å²) < 4.78 is 5.66. The molecule has 112 valence electrons. The lowest BCUT2D eigenvalue weighted by Gasteiger charge is -2.35. The smallest absolute Gasteiger partial charge is 0.239 e. The molecule has 1 aromatic rings. The first-order valence-electron chi connectivity index (χ1n) is 7.50. The number of nitrogens with zero attached hydrogens (tertiary/aromatic N) is 3. The van der Waals surface area contributed by atoms with Crippen LogP contribution >= 0.6 is 0 Å². The van der Waals surface area contributed by atoms with Crippen LogP contribution < -0.4 is 15.4 Å². The molecule has 2 rings (SSSR count). The van der Waals surface area contributed by atoms with Crippen molar-refractivity contribution in [3.05, 3.63) is 12.1 Å². The van der Waals surface area contributed by atoms with E-state index in [1.807, 2.05) is 26.0 Å². The molecule has 1 aromatic heterocycles. The predicted octanol–water partition coefficient (Wildman–Crippen LogP) is 1.98. The number of aromatic nitrogens is 1. The Morgan fingerprint density at radius 2 is 1.95 bits per heavy atom. The van der Waals surface area contributed by atoms with Gasteiger partial charge in [-0.25, -0.2) is 0 Å². The molecule has 20 heavy (non-hydrogen) atoms. The van der Waals surface area contributed by atoms with Crippen molar-refractivity contribution in [3.8, 4) is 5.88 Å². The lowest BCUT2D eigenvalue weighted by atomic mass is 10.3. The van der Waals surface area contributed by atoms with Crippen LogP contribution in [0.15, 0.2) is 12.1 Å². The third-order valence-electron chi connectivity index (χ3n) is 3.46. The molecule has 1 aliphatic heterocycles. The van der Waals surface area contributed by atoms with Crippen LogP contribution in [0.25, 0.3) is 0 Å². The predicted molar refractivity (Wildman–Crippen MR) is 83.4 cm³/mol. The van der Waals surface area contributed by atoms with Crippen LogP contribution in [0, 0.1) is 0 Å². The molecule has 0 atom stereocenters. The van der Waals surface area contributed by atoms with Crippen LogP contribution in [0.4, 0.5) is 11.5 Å². The van der Waals surface area contributed by atoms with Crippen molar-refractivity contribution in [1.29, 1.82) is 0 Å². The quantitative estimate of drug-likeness (QED) is 0.892. The van der Waals surface area contributed by atoms with E-state index in [0.29, 0.717) is 11.6 Å². The molecule has 0 radical (unpaired) electrons. The van der Waals surface area contributed by atoms with Crippen molar-refractivity contribution in [2.24, 2.45) is 0 Å². The second kappa shape index (κ2) is 6.79. The van der Waals surface area contributed by atoms with Crippen molar-refractivity contribution in [2.45, 2.75) is 33.3 Å².